The molecule has 0 aliphatic carbocycles. The third-order valence-corrected chi connectivity index (χ3v) is 3.81. The van der Waals surface area contributed by atoms with Crippen LogP contribution in [0.4, 0.5) is 0 Å². The molecule has 3 rings (SSSR count). The molecule has 0 saturated carbocycles. The van der Waals surface area contributed by atoms with Gasteiger partial charge in [-0.05, 0) is 45.4 Å². The van der Waals surface area contributed by atoms with Gasteiger partial charge in [0.15, 0.2) is 11.5 Å². The molecule has 3 heterocycles. The van der Waals surface area contributed by atoms with E-state index in [1.807, 2.05) is 22.8 Å². The van der Waals surface area contributed by atoms with Crippen molar-refractivity contribution < 1.29 is 4.74 Å². The summed E-state index contributed by atoms with van der Waals surface area (Å²) in [5, 5.41) is 4.62. The van der Waals surface area contributed by atoms with Crippen LogP contribution in [-0.2, 0) is 0 Å². The van der Waals surface area contributed by atoms with Gasteiger partial charge in [0.25, 0.3) is 0 Å². The summed E-state index contributed by atoms with van der Waals surface area (Å²) in [5.74, 6) is 1.73. The molecule has 1 saturated heterocycles. The van der Waals surface area contributed by atoms with E-state index >= 15 is 0 Å². The number of methoxy groups -OCH3 is 1. The molecule has 5 nitrogen and oxygen atoms in total. The highest BCUT2D eigenvalue weighted by atomic mass is 16.5. The average Bonchev–Trinajstić information content (AvgIpc) is 3.03. The minimum Gasteiger partial charge on any atom is -0.495 e. The summed E-state index contributed by atoms with van der Waals surface area (Å²) in [4.78, 5) is 7.14. The maximum atomic E-state index is 5.22. The summed E-state index contributed by atoms with van der Waals surface area (Å²) in [5.41, 5.74) is 0.881. The Morgan fingerprint density at radius 3 is 2.95 bits per heavy atom. The Bertz CT molecular complexity index is 578. The molecule has 0 bridgehead atoms. The first-order valence-corrected chi connectivity index (χ1v) is 6.85. The number of ether oxygens (including phenoxy) is 1. The Balaban J connectivity index is 1.96. The fourth-order valence-corrected chi connectivity index (χ4v) is 2.83. The third-order valence-electron chi connectivity index (χ3n) is 3.81. The Hall–Kier alpha value is -1.62. The SMILES string of the molecule is COc1ccc2nc(C3CCCN3C(C)C)nn2c1. The van der Waals surface area contributed by atoms with E-state index in [9.17, 15) is 0 Å². The molecule has 0 spiro atoms. The van der Waals surface area contributed by atoms with E-state index in [0.717, 1.165) is 30.2 Å². The van der Waals surface area contributed by atoms with Crippen molar-refractivity contribution in [1.29, 1.82) is 0 Å². The summed E-state index contributed by atoms with van der Waals surface area (Å²) in [6.45, 7) is 5.61. The van der Waals surface area contributed by atoms with Gasteiger partial charge in [-0.15, -0.1) is 5.10 Å². The van der Waals surface area contributed by atoms with Crippen LogP contribution in [0.5, 0.6) is 5.75 Å². The molecule has 1 unspecified atom stereocenters. The van der Waals surface area contributed by atoms with Crippen LogP contribution < -0.4 is 4.74 Å². The molecule has 19 heavy (non-hydrogen) atoms. The molecule has 1 atom stereocenters. The minimum absolute atomic E-state index is 0.353. The van der Waals surface area contributed by atoms with Crippen molar-refractivity contribution in [2.75, 3.05) is 13.7 Å². The van der Waals surface area contributed by atoms with Gasteiger partial charge in [-0.25, -0.2) is 9.50 Å². The molecule has 2 aromatic heterocycles. The number of nitrogens with zero attached hydrogens (tertiary/aromatic N) is 4. The van der Waals surface area contributed by atoms with Crippen molar-refractivity contribution in [3.63, 3.8) is 0 Å². The van der Waals surface area contributed by atoms with Gasteiger partial charge in [0.2, 0.25) is 0 Å². The van der Waals surface area contributed by atoms with Crippen LogP contribution in [0, 0.1) is 0 Å². The lowest BCUT2D eigenvalue weighted by Crippen LogP contribution is -2.30. The van der Waals surface area contributed by atoms with Crippen LogP contribution in [0.2, 0.25) is 0 Å². The van der Waals surface area contributed by atoms with E-state index in [0.29, 0.717) is 12.1 Å². The molecule has 1 aliphatic heterocycles. The Morgan fingerprint density at radius 2 is 2.21 bits per heavy atom. The fourth-order valence-electron chi connectivity index (χ4n) is 2.83. The summed E-state index contributed by atoms with van der Waals surface area (Å²) in [6, 6.07) is 4.76. The number of hydrogen-bond acceptors (Lipinski definition) is 4. The van der Waals surface area contributed by atoms with Crippen LogP contribution in [0.25, 0.3) is 5.65 Å². The quantitative estimate of drug-likeness (QED) is 0.849. The smallest absolute Gasteiger partial charge is 0.168 e. The molecule has 1 aliphatic rings. The maximum Gasteiger partial charge on any atom is 0.168 e. The van der Waals surface area contributed by atoms with Gasteiger partial charge >= 0.3 is 0 Å². The first kappa shape index (κ1) is 12.4. The zero-order valence-corrected chi connectivity index (χ0v) is 11.7. The molecule has 0 amide bonds. The van der Waals surface area contributed by atoms with Crippen LogP contribution >= 0.6 is 0 Å². The number of fused-ring (bicyclic) bond motifs is 1. The second-order valence-corrected chi connectivity index (χ2v) is 5.33. The second kappa shape index (κ2) is 4.81. The van der Waals surface area contributed by atoms with Gasteiger partial charge < -0.3 is 4.74 Å². The Kier molecular flexibility index (Phi) is 3.14. The maximum absolute atomic E-state index is 5.22. The Morgan fingerprint density at radius 1 is 1.37 bits per heavy atom. The topological polar surface area (TPSA) is 42.7 Å². The lowest BCUT2D eigenvalue weighted by Gasteiger charge is -2.25. The van der Waals surface area contributed by atoms with Crippen molar-refractivity contribution >= 4 is 5.65 Å². The predicted molar refractivity (Wildman–Crippen MR) is 73.4 cm³/mol. The molecular formula is C14H20N4O. The number of aromatic nitrogens is 3. The van der Waals surface area contributed by atoms with Crippen LogP contribution in [-0.4, -0.2) is 39.2 Å². The monoisotopic (exact) mass is 260 g/mol. The zero-order chi connectivity index (χ0) is 13.4. The van der Waals surface area contributed by atoms with Crippen molar-refractivity contribution in [3.05, 3.63) is 24.2 Å². The Labute approximate surface area is 113 Å². The van der Waals surface area contributed by atoms with Gasteiger partial charge in [0.05, 0.1) is 19.3 Å². The van der Waals surface area contributed by atoms with Gasteiger partial charge in [-0.1, -0.05) is 0 Å². The van der Waals surface area contributed by atoms with Crippen molar-refractivity contribution in [3.8, 4) is 5.75 Å². The van der Waals surface area contributed by atoms with Crippen LogP contribution in [0.1, 0.15) is 38.6 Å². The molecular weight excluding hydrogens is 240 g/mol. The molecule has 0 aromatic carbocycles. The van der Waals surface area contributed by atoms with Gasteiger partial charge in [0, 0.05) is 6.04 Å². The van der Waals surface area contributed by atoms with Crippen molar-refractivity contribution in [1.82, 2.24) is 19.5 Å². The van der Waals surface area contributed by atoms with E-state index < -0.39 is 0 Å². The molecule has 1 fully saturated rings. The third kappa shape index (κ3) is 2.18. The number of hydrogen-bond donors (Lipinski definition) is 0. The highest BCUT2D eigenvalue weighted by molar-refractivity contribution is 5.40. The largest absolute Gasteiger partial charge is 0.495 e. The van der Waals surface area contributed by atoms with E-state index in [1.54, 1.807) is 7.11 Å². The van der Waals surface area contributed by atoms with Crippen molar-refractivity contribution in [2.45, 2.75) is 38.8 Å². The van der Waals surface area contributed by atoms with Crippen molar-refractivity contribution in [2.24, 2.45) is 0 Å². The van der Waals surface area contributed by atoms with E-state index in [-0.39, 0.29) is 0 Å². The highest BCUT2D eigenvalue weighted by Crippen LogP contribution is 2.31. The molecule has 0 N–H and O–H groups in total. The lowest BCUT2D eigenvalue weighted by atomic mass is 10.2. The molecule has 5 heteroatoms. The average molecular weight is 260 g/mol. The number of pyridine rings is 1. The summed E-state index contributed by atoms with van der Waals surface area (Å²) < 4.78 is 7.03. The second-order valence-electron chi connectivity index (χ2n) is 5.33. The van der Waals surface area contributed by atoms with E-state index in [1.165, 1.54) is 6.42 Å². The van der Waals surface area contributed by atoms with Crippen LogP contribution in [0.15, 0.2) is 18.3 Å². The van der Waals surface area contributed by atoms with Gasteiger partial charge in [0.1, 0.15) is 5.75 Å². The van der Waals surface area contributed by atoms with E-state index in [2.05, 4.69) is 28.8 Å². The molecule has 2 aromatic rings. The minimum atomic E-state index is 0.353. The van der Waals surface area contributed by atoms with E-state index in [4.69, 9.17) is 4.74 Å². The van der Waals surface area contributed by atoms with Gasteiger partial charge in [-0.2, -0.15) is 0 Å². The zero-order valence-electron chi connectivity index (χ0n) is 11.7. The summed E-state index contributed by atoms with van der Waals surface area (Å²) in [6.07, 6.45) is 4.24. The molecule has 0 radical (unpaired) electrons. The predicted octanol–water partition coefficient (Wildman–Crippen LogP) is 2.28. The summed E-state index contributed by atoms with van der Waals surface area (Å²) in [7, 11) is 1.66. The van der Waals surface area contributed by atoms with Gasteiger partial charge in [-0.3, -0.25) is 4.90 Å². The summed E-state index contributed by atoms with van der Waals surface area (Å²) >= 11 is 0. The highest BCUT2D eigenvalue weighted by Gasteiger charge is 2.30. The van der Waals surface area contributed by atoms with Crippen LogP contribution in [0.3, 0.4) is 0 Å². The number of likely N-dealkylation sites (tertiary alicyclic amines) is 1. The molecule has 102 valence electrons. The first-order chi connectivity index (χ1) is 9.19. The standard InChI is InChI=1S/C14H20N4O/c1-10(2)17-8-4-5-12(17)14-15-13-7-6-11(19-3)9-18(13)16-14/h6-7,9-10,12H,4-5,8H2,1-3H3. The first-order valence-electron chi connectivity index (χ1n) is 6.85. The fraction of sp³-hybridized carbons (Fsp3) is 0.571. The normalized spacial score (nSPS) is 20.5. The number of rotatable bonds is 3. The lowest BCUT2D eigenvalue weighted by molar-refractivity contribution is 0.198.